The first-order chi connectivity index (χ1) is 11.3. The van der Waals surface area contributed by atoms with Crippen LogP contribution in [0.4, 0.5) is 10.3 Å². The van der Waals surface area contributed by atoms with Gasteiger partial charge in [0.1, 0.15) is 17.7 Å². The van der Waals surface area contributed by atoms with Crippen molar-refractivity contribution in [1.82, 2.24) is 19.1 Å². The van der Waals surface area contributed by atoms with Crippen LogP contribution in [0.15, 0.2) is 11.0 Å². The molecule has 1 aliphatic heterocycles. The van der Waals surface area contributed by atoms with Gasteiger partial charge >= 0.3 is 5.69 Å². The number of halogens is 1. The Morgan fingerprint density at radius 1 is 1.50 bits per heavy atom. The lowest BCUT2D eigenvalue weighted by atomic mass is 10.1. The number of fused-ring (bicyclic) bond motifs is 1. The number of rotatable bonds is 4. The smallest absolute Gasteiger partial charge is 0.332 e. The Morgan fingerprint density at radius 2 is 2.21 bits per heavy atom. The van der Waals surface area contributed by atoms with Crippen molar-refractivity contribution in [2.24, 2.45) is 5.92 Å². The Hall–Kier alpha value is -2.04. The molecule has 24 heavy (non-hydrogen) atoms. The van der Waals surface area contributed by atoms with Crippen LogP contribution in [0.1, 0.15) is 20.1 Å². The normalized spacial score (nSPS) is 27.4. The molecule has 4 N–H and O–H groups in total. The van der Waals surface area contributed by atoms with Gasteiger partial charge in [-0.25, -0.2) is 18.7 Å². The van der Waals surface area contributed by atoms with Gasteiger partial charge in [0, 0.05) is 6.54 Å². The minimum absolute atomic E-state index is 0.0547. The molecule has 2 aromatic rings. The van der Waals surface area contributed by atoms with Gasteiger partial charge in [-0.15, -0.1) is 0 Å². The predicted molar refractivity (Wildman–Crippen MR) is 82.9 cm³/mol. The molecule has 2 aromatic heterocycles. The summed E-state index contributed by atoms with van der Waals surface area (Å²) in [7, 11) is 0. The van der Waals surface area contributed by atoms with Gasteiger partial charge in [0.05, 0.1) is 12.8 Å². The zero-order valence-electron chi connectivity index (χ0n) is 13.3. The van der Waals surface area contributed by atoms with Crippen molar-refractivity contribution in [2.75, 3.05) is 12.3 Å². The first kappa shape index (κ1) is 16.8. The van der Waals surface area contributed by atoms with Crippen LogP contribution >= 0.6 is 0 Å². The molecular weight excluding hydrogens is 321 g/mol. The Bertz CT molecular complexity index is 804. The number of aliphatic hydroxyl groups excluding tert-OH is 2. The maximum Gasteiger partial charge on any atom is 0.332 e. The number of ether oxygens (including phenoxy) is 1. The van der Waals surface area contributed by atoms with E-state index < -0.39 is 36.9 Å². The van der Waals surface area contributed by atoms with Crippen LogP contribution in [0.5, 0.6) is 0 Å². The van der Waals surface area contributed by atoms with Gasteiger partial charge in [-0.05, 0) is 5.92 Å². The predicted octanol–water partition coefficient (Wildman–Crippen LogP) is -0.580. The van der Waals surface area contributed by atoms with Crippen molar-refractivity contribution in [3.8, 4) is 0 Å². The highest BCUT2D eigenvalue weighted by Crippen LogP contribution is 2.32. The molecule has 9 nitrogen and oxygen atoms in total. The minimum atomic E-state index is -1.81. The van der Waals surface area contributed by atoms with Crippen LogP contribution < -0.4 is 11.4 Å². The first-order valence-corrected chi connectivity index (χ1v) is 7.66. The molecule has 0 saturated carbocycles. The van der Waals surface area contributed by atoms with E-state index in [0.717, 1.165) is 4.57 Å². The van der Waals surface area contributed by atoms with Crippen molar-refractivity contribution >= 4 is 17.1 Å². The number of nitrogen functional groups attached to an aromatic ring is 1. The fourth-order valence-corrected chi connectivity index (χ4v) is 2.91. The molecule has 10 heteroatoms. The summed E-state index contributed by atoms with van der Waals surface area (Å²) >= 11 is 0. The monoisotopic (exact) mass is 341 g/mol. The minimum Gasteiger partial charge on any atom is -0.394 e. The largest absolute Gasteiger partial charge is 0.394 e. The van der Waals surface area contributed by atoms with Gasteiger partial charge in [0.15, 0.2) is 18.0 Å². The second kappa shape index (κ2) is 6.11. The summed E-state index contributed by atoms with van der Waals surface area (Å²) < 4.78 is 21.9. The maximum atomic E-state index is 14.0. The number of nitrogens with two attached hydrogens (primary N) is 1. The molecule has 1 saturated heterocycles. The van der Waals surface area contributed by atoms with Gasteiger partial charge in [-0.2, -0.15) is 4.98 Å². The highest BCUT2D eigenvalue weighted by Gasteiger charge is 2.46. The van der Waals surface area contributed by atoms with E-state index in [4.69, 9.17) is 15.6 Å². The Balaban J connectivity index is 2.19. The lowest BCUT2D eigenvalue weighted by Gasteiger charge is -2.15. The van der Waals surface area contributed by atoms with Crippen LogP contribution in [0.3, 0.4) is 0 Å². The number of aliphatic hydroxyl groups is 2. The summed E-state index contributed by atoms with van der Waals surface area (Å²) in [5, 5.41) is 19.3. The third-order valence-corrected chi connectivity index (χ3v) is 3.99. The van der Waals surface area contributed by atoms with Gasteiger partial charge in [0.25, 0.3) is 0 Å². The van der Waals surface area contributed by atoms with Crippen LogP contribution in [-0.2, 0) is 11.3 Å². The number of anilines is 1. The molecule has 4 atom stereocenters. The average Bonchev–Trinajstić information content (AvgIpc) is 2.95. The van der Waals surface area contributed by atoms with Gasteiger partial charge in [0.2, 0.25) is 5.95 Å². The molecule has 1 fully saturated rings. The van der Waals surface area contributed by atoms with Crippen LogP contribution in [0, 0.1) is 5.92 Å². The second-order valence-corrected chi connectivity index (χ2v) is 6.28. The summed E-state index contributed by atoms with van der Waals surface area (Å²) in [6.07, 6.45) is -4.51. The van der Waals surface area contributed by atoms with E-state index in [-0.39, 0.29) is 17.5 Å². The molecular formula is C14H20FN5O4. The number of hydrogen-bond donors (Lipinski definition) is 3. The zero-order chi connectivity index (χ0) is 17.6. The number of hydrogen-bond acceptors (Lipinski definition) is 7. The number of nitrogens with zero attached hydrogens (tertiary/aromatic N) is 4. The number of imidazole rings is 1. The summed E-state index contributed by atoms with van der Waals surface area (Å²) in [5.41, 5.74) is 5.67. The molecule has 0 unspecified atom stereocenters. The Kier molecular flexibility index (Phi) is 4.28. The van der Waals surface area contributed by atoms with Gasteiger partial charge in [-0.3, -0.25) is 4.57 Å². The van der Waals surface area contributed by atoms with Crippen molar-refractivity contribution in [1.29, 1.82) is 0 Å². The molecule has 0 radical (unpaired) electrons. The maximum absolute atomic E-state index is 14.0. The highest BCUT2D eigenvalue weighted by atomic mass is 19.1. The standard InChI is InChI=1S/C14H20FN5O4/c1-6(2)4-19-7-3-17-13(16)18-11(7)20(14(19)23)12-10(22)9(15)8(5-21)24-12/h3,6,8-10,12,21-22H,4-5H2,1-2H3,(H2,16,17,18)/t8-,9-,10-,12-/m1/s1. The van der Waals surface area contributed by atoms with Crippen LogP contribution in [0.2, 0.25) is 0 Å². The fraction of sp³-hybridized carbons (Fsp3) is 0.643. The fourth-order valence-electron chi connectivity index (χ4n) is 2.91. The molecule has 0 bridgehead atoms. The molecule has 0 amide bonds. The lowest BCUT2D eigenvalue weighted by molar-refractivity contribution is -0.0514. The quantitative estimate of drug-likeness (QED) is 0.678. The topological polar surface area (TPSA) is 128 Å². The zero-order valence-corrected chi connectivity index (χ0v) is 13.3. The van der Waals surface area contributed by atoms with E-state index in [1.54, 1.807) is 0 Å². The summed E-state index contributed by atoms with van der Waals surface area (Å²) in [4.78, 5) is 20.8. The molecule has 0 aromatic carbocycles. The van der Waals surface area contributed by atoms with E-state index in [2.05, 4.69) is 9.97 Å². The summed E-state index contributed by atoms with van der Waals surface area (Å²) in [6.45, 7) is 3.66. The highest BCUT2D eigenvalue weighted by molar-refractivity contribution is 5.71. The van der Waals surface area contributed by atoms with E-state index in [1.165, 1.54) is 10.8 Å². The number of aromatic nitrogens is 4. The molecule has 0 aliphatic carbocycles. The van der Waals surface area contributed by atoms with Crippen LogP contribution in [-0.4, -0.2) is 54.3 Å². The van der Waals surface area contributed by atoms with E-state index in [9.17, 15) is 14.3 Å². The Labute approximate surface area is 136 Å². The van der Waals surface area contributed by atoms with Crippen molar-refractivity contribution < 1.29 is 19.3 Å². The Morgan fingerprint density at radius 3 is 2.79 bits per heavy atom. The average molecular weight is 341 g/mol. The first-order valence-electron chi connectivity index (χ1n) is 7.66. The lowest BCUT2D eigenvalue weighted by Crippen LogP contribution is -2.34. The molecule has 3 rings (SSSR count). The third kappa shape index (κ3) is 2.56. The second-order valence-electron chi connectivity index (χ2n) is 6.28. The summed E-state index contributed by atoms with van der Waals surface area (Å²) in [6, 6.07) is 0. The van der Waals surface area contributed by atoms with Crippen molar-refractivity contribution in [2.45, 2.75) is 45.0 Å². The van der Waals surface area contributed by atoms with E-state index in [0.29, 0.717) is 12.1 Å². The van der Waals surface area contributed by atoms with Gasteiger partial charge in [-0.1, -0.05) is 13.8 Å². The summed E-state index contributed by atoms with van der Waals surface area (Å²) in [5.74, 6) is 0.105. The van der Waals surface area contributed by atoms with Crippen molar-refractivity contribution in [3.05, 3.63) is 16.7 Å². The van der Waals surface area contributed by atoms with Crippen LogP contribution in [0.25, 0.3) is 11.2 Å². The molecule has 132 valence electrons. The molecule has 1 aliphatic rings. The SMILES string of the molecule is CC(C)Cn1c(=O)n([C@@H]2O[C@H](CO)[C@@H](F)[C@H]2O)c2nc(N)ncc21. The van der Waals surface area contributed by atoms with Crippen molar-refractivity contribution in [3.63, 3.8) is 0 Å². The van der Waals surface area contributed by atoms with Gasteiger partial charge < -0.3 is 20.7 Å². The van der Waals surface area contributed by atoms with E-state index in [1.807, 2.05) is 13.8 Å². The van der Waals surface area contributed by atoms with E-state index >= 15 is 0 Å². The molecule has 0 spiro atoms. The number of alkyl halides is 1. The third-order valence-electron chi connectivity index (χ3n) is 3.99. The molecule has 3 heterocycles.